The van der Waals surface area contributed by atoms with E-state index in [1.54, 1.807) is 0 Å². The largest absolute Gasteiger partial charge is 0.480 e. The third-order valence-corrected chi connectivity index (χ3v) is 1.69. The van der Waals surface area contributed by atoms with Crippen molar-refractivity contribution in [3.63, 3.8) is 0 Å². The summed E-state index contributed by atoms with van der Waals surface area (Å²) in [6.07, 6.45) is 0.0939. The first kappa shape index (κ1) is 13.4. The van der Waals surface area contributed by atoms with Gasteiger partial charge in [0.15, 0.2) is 0 Å². The van der Waals surface area contributed by atoms with Crippen LogP contribution in [0.5, 0.6) is 0 Å². The van der Waals surface area contributed by atoms with E-state index < -0.39 is 17.9 Å². The summed E-state index contributed by atoms with van der Waals surface area (Å²) in [5.74, 6) is -1.82. The maximum atomic E-state index is 11.1. The van der Waals surface area contributed by atoms with Crippen molar-refractivity contribution in [2.24, 2.45) is 5.73 Å². The van der Waals surface area contributed by atoms with Gasteiger partial charge < -0.3 is 21.5 Å². The van der Waals surface area contributed by atoms with Gasteiger partial charge in [0.1, 0.15) is 6.04 Å². The second-order valence-electron chi connectivity index (χ2n) is 2.92. The maximum absolute atomic E-state index is 11.1. The van der Waals surface area contributed by atoms with Gasteiger partial charge in [-0.25, -0.2) is 0 Å². The predicted molar refractivity (Wildman–Crippen MR) is 51.9 cm³/mol. The molecule has 0 aliphatic carbocycles. The van der Waals surface area contributed by atoms with Gasteiger partial charge in [-0.05, 0) is 0 Å². The van der Waals surface area contributed by atoms with Crippen LogP contribution in [-0.2, 0) is 14.4 Å². The zero-order chi connectivity index (χ0) is 11.8. The van der Waals surface area contributed by atoms with E-state index in [2.05, 4.69) is 10.6 Å². The van der Waals surface area contributed by atoms with Crippen LogP contribution in [0.25, 0.3) is 0 Å². The van der Waals surface area contributed by atoms with Crippen molar-refractivity contribution in [3.05, 3.63) is 0 Å². The number of nitrogens with two attached hydrogens (primary N) is 1. The smallest absolute Gasteiger partial charge is 0.322 e. The topological polar surface area (TPSA) is 122 Å². The van der Waals surface area contributed by atoms with Crippen LogP contribution in [0.3, 0.4) is 0 Å². The number of rotatable bonds is 6. The van der Waals surface area contributed by atoms with Crippen molar-refractivity contribution in [1.29, 1.82) is 0 Å². The number of hydrogen-bond donors (Lipinski definition) is 4. The highest BCUT2D eigenvalue weighted by Gasteiger charge is 2.12. The minimum atomic E-state index is -1.18. The number of hydrogen-bond acceptors (Lipinski definition) is 4. The Labute approximate surface area is 87.0 Å². The molecule has 86 valence electrons. The molecule has 2 amide bonds. The fourth-order valence-electron chi connectivity index (χ4n) is 0.752. The van der Waals surface area contributed by atoms with Crippen molar-refractivity contribution in [2.75, 3.05) is 13.6 Å². The normalized spacial score (nSPS) is 11.6. The van der Waals surface area contributed by atoms with Crippen LogP contribution in [0.2, 0.25) is 0 Å². The van der Waals surface area contributed by atoms with Gasteiger partial charge in [-0.1, -0.05) is 0 Å². The number of carbonyl (C=O) groups excluding carboxylic acids is 2. The summed E-state index contributed by atoms with van der Waals surface area (Å²) >= 11 is 0. The molecule has 7 heteroatoms. The summed E-state index contributed by atoms with van der Waals surface area (Å²) in [5.41, 5.74) is 5.15. The van der Waals surface area contributed by atoms with Crippen molar-refractivity contribution < 1.29 is 19.5 Å². The summed E-state index contributed by atoms with van der Waals surface area (Å²) in [7, 11) is 1.47. The molecule has 1 atom stereocenters. The molecule has 0 saturated heterocycles. The van der Waals surface area contributed by atoms with Gasteiger partial charge in [0.2, 0.25) is 11.8 Å². The van der Waals surface area contributed by atoms with E-state index in [0.29, 0.717) is 0 Å². The number of carboxylic acid groups (broad SMARTS) is 1. The van der Waals surface area contributed by atoms with Crippen molar-refractivity contribution in [2.45, 2.75) is 18.9 Å². The van der Waals surface area contributed by atoms with Gasteiger partial charge in [-0.2, -0.15) is 0 Å². The molecule has 0 radical (unpaired) electrons. The second-order valence-corrected chi connectivity index (χ2v) is 2.92. The van der Waals surface area contributed by atoms with E-state index in [4.69, 9.17) is 10.8 Å². The zero-order valence-electron chi connectivity index (χ0n) is 8.45. The zero-order valence-corrected chi connectivity index (χ0v) is 8.45. The van der Waals surface area contributed by atoms with Gasteiger partial charge in [0.05, 0.1) is 0 Å². The molecule has 0 heterocycles. The summed E-state index contributed by atoms with van der Waals surface area (Å²) < 4.78 is 0. The Kier molecular flexibility index (Phi) is 6.03. The molecule has 0 fully saturated rings. The third-order valence-electron chi connectivity index (χ3n) is 1.69. The van der Waals surface area contributed by atoms with Crippen molar-refractivity contribution in [1.82, 2.24) is 10.6 Å². The van der Waals surface area contributed by atoms with Crippen LogP contribution in [0.1, 0.15) is 12.8 Å². The van der Waals surface area contributed by atoms with E-state index in [-0.39, 0.29) is 25.3 Å². The molecule has 0 aromatic rings. The summed E-state index contributed by atoms with van der Waals surface area (Å²) in [6, 6.07) is -1.12. The van der Waals surface area contributed by atoms with Crippen LogP contribution in [0.15, 0.2) is 0 Å². The molecule has 1 unspecified atom stereocenters. The Morgan fingerprint density at radius 3 is 2.27 bits per heavy atom. The molecule has 0 bridgehead atoms. The number of nitrogens with one attached hydrogen (secondary N) is 2. The summed E-state index contributed by atoms with van der Waals surface area (Å²) in [4.78, 5) is 32.1. The average Bonchev–Trinajstić information content (AvgIpc) is 2.21. The Morgan fingerprint density at radius 1 is 1.27 bits per heavy atom. The molecule has 0 aromatic heterocycles. The molecular formula is C8H15N3O4. The van der Waals surface area contributed by atoms with Crippen LogP contribution in [-0.4, -0.2) is 42.5 Å². The number of aliphatic carboxylic acids is 1. The first-order chi connectivity index (χ1) is 6.97. The van der Waals surface area contributed by atoms with Crippen LogP contribution >= 0.6 is 0 Å². The molecule has 0 spiro atoms. The lowest BCUT2D eigenvalue weighted by molar-refractivity contribution is -0.138. The molecule has 5 N–H and O–H groups in total. The van der Waals surface area contributed by atoms with Gasteiger partial charge in [0.25, 0.3) is 0 Å². The lowest BCUT2D eigenvalue weighted by Gasteiger charge is -2.07. The van der Waals surface area contributed by atoms with E-state index in [9.17, 15) is 14.4 Å². The Hall–Kier alpha value is -1.63. The molecule has 0 aliphatic heterocycles. The maximum Gasteiger partial charge on any atom is 0.322 e. The summed E-state index contributed by atoms with van der Waals surface area (Å²) in [5, 5.41) is 13.1. The molecule has 0 rings (SSSR count). The van der Waals surface area contributed by atoms with E-state index in [0.717, 1.165) is 0 Å². The van der Waals surface area contributed by atoms with E-state index in [1.807, 2.05) is 0 Å². The van der Waals surface area contributed by atoms with Gasteiger partial charge >= 0.3 is 5.97 Å². The van der Waals surface area contributed by atoms with Crippen LogP contribution in [0, 0.1) is 0 Å². The second kappa shape index (κ2) is 6.77. The number of amides is 2. The Morgan fingerprint density at radius 2 is 1.80 bits per heavy atom. The van der Waals surface area contributed by atoms with Crippen LogP contribution < -0.4 is 16.4 Å². The van der Waals surface area contributed by atoms with Gasteiger partial charge in [-0.15, -0.1) is 0 Å². The fraction of sp³-hybridized carbons (Fsp3) is 0.625. The SMILES string of the molecule is CNC(=O)CCC(=O)NCC(N)C(=O)O. The molecule has 15 heavy (non-hydrogen) atoms. The highest BCUT2D eigenvalue weighted by Crippen LogP contribution is 1.88. The lowest BCUT2D eigenvalue weighted by Crippen LogP contribution is -2.42. The minimum Gasteiger partial charge on any atom is -0.480 e. The molecule has 7 nitrogen and oxygen atoms in total. The molecule has 0 aliphatic rings. The lowest BCUT2D eigenvalue weighted by atomic mass is 10.2. The minimum absolute atomic E-state index is 0.0199. The van der Waals surface area contributed by atoms with E-state index >= 15 is 0 Å². The van der Waals surface area contributed by atoms with Crippen LogP contribution in [0.4, 0.5) is 0 Å². The van der Waals surface area contributed by atoms with Gasteiger partial charge in [-0.3, -0.25) is 14.4 Å². The van der Waals surface area contributed by atoms with Gasteiger partial charge in [0, 0.05) is 26.4 Å². The molecule has 0 saturated carbocycles. The first-order valence-corrected chi connectivity index (χ1v) is 4.43. The standard InChI is InChI=1S/C8H15N3O4/c1-10-6(12)2-3-7(13)11-4-5(9)8(14)15/h5H,2-4,9H2,1H3,(H,10,12)(H,11,13)(H,14,15). The fourth-order valence-corrected chi connectivity index (χ4v) is 0.752. The third kappa shape index (κ3) is 6.44. The monoisotopic (exact) mass is 217 g/mol. The molecular weight excluding hydrogens is 202 g/mol. The summed E-state index contributed by atoms with van der Waals surface area (Å²) in [6.45, 7) is -0.137. The Bertz CT molecular complexity index is 254. The Balaban J connectivity index is 3.66. The predicted octanol–water partition coefficient (Wildman–Crippen LogP) is -1.96. The highest BCUT2D eigenvalue weighted by molar-refractivity contribution is 5.84. The van der Waals surface area contributed by atoms with Crippen molar-refractivity contribution >= 4 is 17.8 Å². The van der Waals surface area contributed by atoms with E-state index in [1.165, 1.54) is 7.05 Å². The molecule has 0 aromatic carbocycles. The average molecular weight is 217 g/mol. The first-order valence-electron chi connectivity index (χ1n) is 4.43. The quantitative estimate of drug-likeness (QED) is 0.411. The highest BCUT2D eigenvalue weighted by atomic mass is 16.4. The number of carboxylic acids is 1. The number of carbonyl (C=O) groups is 3. The van der Waals surface area contributed by atoms with Crippen molar-refractivity contribution in [3.8, 4) is 0 Å².